The largest absolute Gasteiger partial charge is 0.401 e. The summed E-state index contributed by atoms with van der Waals surface area (Å²) < 4.78 is 5.19. The van der Waals surface area contributed by atoms with Crippen LogP contribution < -0.4 is 16.7 Å². The number of hydrogen-bond donors (Lipinski definition) is 2. The summed E-state index contributed by atoms with van der Waals surface area (Å²) in [5.74, 6) is -0.0625. The lowest BCUT2D eigenvalue weighted by atomic mass is 9.51. The van der Waals surface area contributed by atoms with Crippen molar-refractivity contribution in [3.8, 4) is 11.1 Å². The molecule has 62 heavy (non-hydrogen) atoms. The van der Waals surface area contributed by atoms with Crippen LogP contribution in [0.15, 0.2) is 139 Å². The first-order valence-corrected chi connectivity index (χ1v) is 22.9. The van der Waals surface area contributed by atoms with Crippen molar-refractivity contribution in [2.24, 2.45) is 5.73 Å². The molecule has 0 amide bonds. The summed E-state index contributed by atoms with van der Waals surface area (Å²) in [6.45, 7) is 4.67. The van der Waals surface area contributed by atoms with Gasteiger partial charge in [0.2, 0.25) is 0 Å². The van der Waals surface area contributed by atoms with Crippen molar-refractivity contribution in [3.05, 3.63) is 184 Å². The second-order valence-electron chi connectivity index (χ2n) is 17.7. The Kier molecular flexibility index (Phi) is 6.90. The van der Waals surface area contributed by atoms with Gasteiger partial charge in [0.05, 0.1) is 39.0 Å². The number of rotatable bonds is 2. The molecule has 12 aromatic rings. The third kappa shape index (κ3) is 4.03. The fraction of sp³-hybridized carbons (Fsp3) is 0.123. The predicted molar refractivity (Wildman–Crippen MR) is 268 cm³/mol. The zero-order chi connectivity index (χ0) is 41.3. The average molecular weight is 811 g/mol. The minimum absolute atomic E-state index is 0.0625. The van der Waals surface area contributed by atoms with Gasteiger partial charge in [0.15, 0.2) is 7.28 Å². The fourth-order valence-electron chi connectivity index (χ4n) is 13.0. The van der Waals surface area contributed by atoms with Crippen LogP contribution in [0.4, 0.5) is 0 Å². The molecule has 3 nitrogen and oxygen atoms in total. The number of thiol groups is 1. The van der Waals surface area contributed by atoms with Crippen molar-refractivity contribution in [1.29, 1.82) is 0 Å². The molecular formula is C57H41BN3S. The third-order valence-corrected chi connectivity index (χ3v) is 15.2. The Morgan fingerprint density at radius 3 is 1.95 bits per heavy atom. The Hall–Kier alpha value is -6.69. The first kappa shape index (κ1) is 35.0. The first-order chi connectivity index (χ1) is 30.6. The van der Waals surface area contributed by atoms with Crippen molar-refractivity contribution < 1.29 is 0 Å². The molecule has 0 saturated heterocycles. The van der Waals surface area contributed by atoms with E-state index < -0.39 is 0 Å². The van der Waals surface area contributed by atoms with Crippen LogP contribution in [0.2, 0.25) is 0 Å². The quantitative estimate of drug-likeness (QED) is 0.132. The molecule has 2 aliphatic heterocycles. The second kappa shape index (κ2) is 12.2. The summed E-state index contributed by atoms with van der Waals surface area (Å²) in [6.07, 6.45) is 4.32. The number of benzene rings is 8. The Morgan fingerprint density at radius 1 is 0.581 bits per heavy atom. The summed E-state index contributed by atoms with van der Waals surface area (Å²) in [7, 11) is 2.57. The lowest BCUT2D eigenvalue weighted by Gasteiger charge is -2.32. The van der Waals surface area contributed by atoms with Gasteiger partial charge in [-0.05, 0) is 112 Å². The van der Waals surface area contributed by atoms with E-state index in [0.717, 1.165) is 25.0 Å². The van der Waals surface area contributed by atoms with Crippen molar-refractivity contribution in [2.45, 2.75) is 39.0 Å². The summed E-state index contributed by atoms with van der Waals surface area (Å²) >= 11 is 3.53. The molecule has 293 valence electrons. The zero-order valence-electron chi connectivity index (χ0n) is 34.9. The molecule has 1 atom stereocenters. The number of para-hydroxylation sites is 4. The molecule has 2 bridgehead atoms. The molecule has 15 rings (SSSR count). The van der Waals surface area contributed by atoms with Gasteiger partial charge >= 0.3 is 0 Å². The van der Waals surface area contributed by atoms with E-state index in [-0.39, 0.29) is 5.92 Å². The maximum atomic E-state index is 7.56. The van der Waals surface area contributed by atoms with E-state index in [0.29, 0.717) is 0 Å². The normalized spacial score (nSPS) is 15.3. The molecule has 0 fully saturated rings. The molecule has 0 spiro atoms. The number of nitrogens with two attached hydrogens (primary N) is 1. The number of aromatic nitrogens is 2. The van der Waals surface area contributed by atoms with Crippen LogP contribution in [-0.4, -0.2) is 22.3 Å². The van der Waals surface area contributed by atoms with Gasteiger partial charge in [-0.2, -0.15) is 12.6 Å². The predicted octanol–water partition coefficient (Wildman–Crippen LogP) is 12.2. The molecule has 1 aliphatic carbocycles. The van der Waals surface area contributed by atoms with E-state index in [4.69, 9.17) is 5.73 Å². The lowest BCUT2D eigenvalue weighted by molar-refractivity contribution is 0.941. The monoisotopic (exact) mass is 810 g/mol. The molecule has 3 aliphatic rings. The van der Waals surface area contributed by atoms with E-state index in [9.17, 15) is 0 Å². The summed E-state index contributed by atoms with van der Waals surface area (Å²) in [6, 6.07) is 50.6. The highest BCUT2D eigenvalue weighted by atomic mass is 32.1. The van der Waals surface area contributed by atoms with Gasteiger partial charge in [-0.25, -0.2) is 0 Å². The van der Waals surface area contributed by atoms with Gasteiger partial charge in [-0.15, -0.1) is 0 Å². The van der Waals surface area contributed by atoms with E-state index in [2.05, 4.69) is 176 Å². The van der Waals surface area contributed by atoms with Gasteiger partial charge in [-0.3, -0.25) is 0 Å². The fourth-order valence-corrected chi connectivity index (χ4v) is 13.0. The summed E-state index contributed by atoms with van der Waals surface area (Å²) in [5.41, 5.74) is 34.1. The van der Waals surface area contributed by atoms with Crippen LogP contribution in [0, 0.1) is 6.92 Å². The average Bonchev–Trinajstić information content (AvgIpc) is 4.09. The van der Waals surface area contributed by atoms with Crippen LogP contribution in [0.1, 0.15) is 63.8 Å². The minimum atomic E-state index is -0.0625. The highest BCUT2D eigenvalue weighted by Gasteiger charge is 2.39. The van der Waals surface area contributed by atoms with Gasteiger partial charge in [-0.1, -0.05) is 133 Å². The maximum absolute atomic E-state index is 7.56. The Bertz CT molecular complexity index is 3990. The van der Waals surface area contributed by atoms with Gasteiger partial charge in [0.25, 0.3) is 0 Å². The summed E-state index contributed by atoms with van der Waals surface area (Å²) in [5, 5.41) is 10.7. The van der Waals surface area contributed by atoms with E-state index in [1.807, 2.05) is 0 Å². The number of allylic oxidation sites excluding steroid dienone is 2. The van der Waals surface area contributed by atoms with Crippen LogP contribution >= 0.6 is 12.6 Å². The van der Waals surface area contributed by atoms with Crippen LogP contribution in [0.3, 0.4) is 0 Å². The van der Waals surface area contributed by atoms with Gasteiger partial charge in [0.1, 0.15) is 0 Å². The highest BCUT2D eigenvalue weighted by Crippen LogP contribution is 2.54. The molecule has 4 aromatic heterocycles. The molecular weight excluding hydrogens is 770 g/mol. The van der Waals surface area contributed by atoms with Crippen LogP contribution in [-0.2, 0) is 12.8 Å². The minimum Gasteiger partial charge on any atom is -0.401 e. The van der Waals surface area contributed by atoms with Crippen molar-refractivity contribution >= 4 is 113 Å². The molecule has 5 heteroatoms. The standard InChI is InChI=1S/C56H37BN3.CH4S/c1-3-31-32-14-4-5-17-35(32)50(53(31)58)46-28(2)54-49(40-22-12-19-37-34-16-7-9-24-44(34)60(54)56(37)40)41-27-42-47-39-21-11-18-36-33-15-6-8-23-43(33)59(55(36)39)45(47)26-30-25-29-13-10-20-38(48(41)46)51(29)57-52(30)42;1-2/h4-24,26,50H,3,25,27,58H2,1-2H3;2H,1H3. The zero-order valence-corrected chi connectivity index (χ0v) is 35.8. The number of fused-ring (bicyclic) bond motifs is 17. The molecule has 8 aromatic carbocycles. The third-order valence-electron chi connectivity index (χ3n) is 15.2. The lowest BCUT2D eigenvalue weighted by Crippen LogP contribution is -2.42. The Balaban J connectivity index is 0.00000185. The second-order valence-corrected chi connectivity index (χ2v) is 17.7. The molecule has 1 unspecified atom stereocenters. The van der Waals surface area contributed by atoms with Gasteiger partial charge < -0.3 is 14.5 Å². The van der Waals surface area contributed by atoms with Crippen molar-refractivity contribution in [1.82, 2.24) is 8.80 Å². The molecule has 1 radical (unpaired) electrons. The smallest absolute Gasteiger partial charge is 0.193 e. The van der Waals surface area contributed by atoms with E-state index in [1.165, 1.54) is 148 Å². The number of aryl methyl sites for hydroxylation is 1. The first-order valence-electron chi connectivity index (χ1n) is 22.0. The molecule has 0 saturated carbocycles. The van der Waals surface area contributed by atoms with Crippen LogP contribution in [0.25, 0.3) is 92.9 Å². The molecule has 2 N–H and O–H groups in total. The van der Waals surface area contributed by atoms with Crippen molar-refractivity contribution in [2.75, 3.05) is 6.26 Å². The topological polar surface area (TPSA) is 34.8 Å². The Labute approximate surface area is 365 Å². The van der Waals surface area contributed by atoms with E-state index in [1.54, 1.807) is 6.26 Å². The van der Waals surface area contributed by atoms with Crippen LogP contribution in [0.5, 0.6) is 0 Å². The van der Waals surface area contributed by atoms with Crippen molar-refractivity contribution in [3.63, 3.8) is 0 Å². The van der Waals surface area contributed by atoms with E-state index >= 15 is 0 Å². The highest BCUT2D eigenvalue weighted by molar-refractivity contribution is 7.79. The maximum Gasteiger partial charge on any atom is 0.193 e. The number of nitrogens with zero attached hydrogens (tertiary/aromatic N) is 2. The molecule has 6 heterocycles. The number of hydrogen-bond acceptors (Lipinski definition) is 2. The SMILES string of the molecule is CCC1=C(N)C(c2c3c(c4c5cccc6c7ccccc7n(c4c2C)c65)Cc2c4c(cc5c2c2cccc6c7ccccc7n5c62)Cc2cccc-3c2[B]4)c2ccccc21.CS. The summed E-state index contributed by atoms with van der Waals surface area (Å²) in [4.78, 5) is 0. The Morgan fingerprint density at radius 2 is 1.19 bits per heavy atom. The van der Waals surface area contributed by atoms with Gasteiger partial charge in [0, 0.05) is 48.8 Å².